The van der Waals surface area contributed by atoms with E-state index in [1.165, 1.54) is 12.8 Å². The summed E-state index contributed by atoms with van der Waals surface area (Å²) >= 11 is 0. The van der Waals surface area contributed by atoms with E-state index >= 15 is 0 Å². The van der Waals surface area contributed by atoms with Gasteiger partial charge in [0.05, 0.1) is 12.1 Å². The Bertz CT molecular complexity index is 417. The van der Waals surface area contributed by atoms with Crippen molar-refractivity contribution in [2.24, 2.45) is 5.92 Å². The van der Waals surface area contributed by atoms with Crippen LogP contribution in [-0.2, 0) is 4.74 Å². The van der Waals surface area contributed by atoms with Crippen molar-refractivity contribution >= 4 is 5.82 Å². The van der Waals surface area contributed by atoms with Gasteiger partial charge in [0, 0.05) is 18.4 Å². The third kappa shape index (κ3) is 2.48. The molecule has 1 saturated heterocycles. The first-order valence-corrected chi connectivity index (χ1v) is 6.94. The molecule has 2 heterocycles. The van der Waals surface area contributed by atoms with Gasteiger partial charge < -0.3 is 10.1 Å². The fourth-order valence-corrected chi connectivity index (χ4v) is 2.61. The van der Waals surface area contributed by atoms with Crippen molar-refractivity contribution in [3.05, 3.63) is 18.1 Å². The van der Waals surface area contributed by atoms with Gasteiger partial charge >= 0.3 is 0 Å². The van der Waals surface area contributed by atoms with Crippen LogP contribution in [0.15, 0.2) is 12.4 Å². The van der Waals surface area contributed by atoms with Gasteiger partial charge in [0.1, 0.15) is 12.1 Å². The molecule has 3 rings (SSSR count). The molecule has 2 unspecified atom stereocenters. The molecular formula is C14H21N3O. The minimum absolute atomic E-state index is 0.391. The van der Waals surface area contributed by atoms with E-state index in [4.69, 9.17) is 4.74 Å². The summed E-state index contributed by atoms with van der Waals surface area (Å²) in [6.07, 6.45) is 5.78. The Hall–Kier alpha value is -1.16. The Morgan fingerprint density at radius 2 is 2.11 bits per heavy atom. The molecule has 4 nitrogen and oxygen atoms in total. The van der Waals surface area contributed by atoms with E-state index in [1.54, 1.807) is 6.33 Å². The van der Waals surface area contributed by atoms with Crippen molar-refractivity contribution in [2.75, 3.05) is 11.9 Å². The minimum Gasteiger partial charge on any atom is -0.376 e. The summed E-state index contributed by atoms with van der Waals surface area (Å²) in [5.74, 6) is 2.15. The lowest BCUT2D eigenvalue weighted by Crippen LogP contribution is -2.31. The van der Waals surface area contributed by atoms with Crippen LogP contribution in [0.4, 0.5) is 5.82 Å². The maximum absolute atomic E-state index is 5.83. The normalized spacial score (nSPS) is 27.7. The molecule has 0 bridgehead atoms. The van der Waals surface area contributed by atoms with Crippen molar-refractivity contribution in [2.45, 2.75) is 51.2 Å². The third-order valence-electron chi connectivity index (χ3n) is 3.84. The van der Waals surface area contributed by atoms with E-state index in [9.17, 15) is 0 Å². The lowest BCUT2D eigenvalue weighted by molar-refractivity contribution is 0.0898. The van der Waals surface area contributed by atoms with Crippen molar-refractivity contribution in [1.29, 1.82) is 0 Å². The van der Waals surface area contributed by atoms with Gasteiger partial charge in [-0.3, -0.25) is 0 Å². The van der Waals surface area contributed by atoms with Crippen LogP contribution >= 0.6 is 0 Å². The van der Waals surface area contributed by atoms with Crippen LogP contribution in [0.25, 0.3) is 0 Å². The quantitative estimate of drug-likeness (QED) is 0.888. The Morgan fingerprint density at radius 1 is 1.28 bits per heavy atom. The number of aromatic nitrogens is 2. The highest BCUT2D eigenvalue weighted by Crippen LogP contribution is 2.39. The molecule has 18 heavy (non-hydrogen) atoms. The topological polar surface area (TPSA) is 47.0 Å². The number of ether oxygens (including phenoxy) is 1. The van der Waals surface area contributed by atoms with Crippen LogP contribution in [0, 0.1) is 5.92 Å². The van der Waals surface area contributed by atoms with Crippen LogP contribution in [0.3, 0.4) is 0 Å². The lowest BCUT2D eigenvalue weighted by Gasteiger charge is -2.20. The summed E-state index contributed by atoms with van der Waals surface area (Å²) in [5, 5.41) is 3.53. The molecule has 0 amide bonds. The molecule has 1 aromatic rings. The molecular weight excluding hydrogens is 226 g/mol. The number of nitrogens with zero attached hydrogens (tertiary/aromatic N) is 2. The average Bonchev–Trinajstić information content (AvgIpc) is 3.11. The van der Waals surface area contributed by atoms with Gasteiger partial charge in [0.2, 0.25) is 0 Å². The van der Waals surface area contributed by atoms with Crippen LogP contribution in [0.2, 0.25) is 0 Å². The summed E-state index contributed by atoms with van der Waals surface area (Å²) in [5.41, 5.74) is 1.09. The molecule has 0 spiro atoms. The summed E-state index contributed by atoms with van der Waals surface area (Å²) < 4.78 is 5.83. The van der Waals surface area contributed by atoms with Gasteiger partial charge in [-0.2, -0.15) is 0 Å². The monoisotopic (exact) mass is 247 g/mol. The molecule has 1 saturated carbocycles. The fourth-order valence-electron chi connectivity index (χ4n) is 2.61. The van der Waals surface area contributed by atoms with Crippen molar-refractivity contribution in [3.63, 3.8) is 0 Å². The van der Waals surface area contributed by atoms with Crippen LogP contribution in [0.5, 0.6) is 0 Å². The smallest absolute Gasteiger partial charge is 0.129 e. The largest absolute Gasteiger partial charge is 0.376 e. The second-order valence-corrected chi connectivity index (χ2v) is 5.70. The molecule has 2 atom stereocenters. The van der Waals surface area contributed by atoms with Crippen LogP contribution in [-0.4, -0.2) is 28.7 Å². The minimum atomic E-state index is 0.391. The molecule has 2 fully saturated rings. The van der Waals surface area contributed by atoms with E-state index in [2.05, 4.69) is 35.2 Å². The second kappa shape index (κ2) is 4.84. The van der Waals surface area contributed by atoms with E-state index in [-0.39, 0.29) is 0 Å². The zero-order valence-electron chi connectivity index (χ0n) is 11.1. The highest BCUT2D eigenvalue weighted by Gasteiger charge is 2.40. The summed E-state index contributed by atoms with van der Waals surface area (Å²) in [6, 6.07) is 2.49. The first-order valence-electron chi connectivity index (χ1n) is 6.94. The van der Waals surface area contributed by atoms with Crippen LogP contribution in [0.1, 0.15) is 44.7 Å². The highest BCUT2D eigenvalue weighted by atomic mass is 16.5. The maximum atomic E-state index is 5.83. The van der Waals surface area contributed by atoms with E-state index in [0.29, 0.717) is 18.1 Å². The number of nitrogens with one attached hydrogen (secondary N) is 1. The third-order valence-corrected chi connectivity index (χ3v) is 3.84. The van der Waals surface area contributed by atoms with Gasteiger partial charge in [0.25, 0.3) is 0 Å². The number of anilines is 1. The predicted octanol–water partition coefficient (Wildman–Crippen LogP) is 2.58. The van der Waals surface area contributed by atoms with E-state index in [1.807, 2.05) is 0 Å². The molecule has 1 aromatic heterocycles. The SMILES string of the molecule is CC(C)c1cc(NC2CCOC2C2CC2)ncn1. The first kappa shape index (κ1) is 11.9. The number of rotatable bonds is 4. The van der Waals surface area contributed by atoms with E-state index in [0.717, 1.165) is 30.5 Å². The second-order valence-electron chi connectivity index (χ2n) is 5.70. The Morgan fingerprint density at radius 3 is 2.83 bits per heavy atom. The highest BCUT2D eigenvalue weighted by molar-refractivity contribution is 5.37. The van der Waals surface area contributed by atoms with Gasteiger partial charge in [-0.25, -0.2) is 9.97 Å². The summed E-state index contributed by atoms with van der Waals surface area (Å²) in [4.78, 5) is 8.62. The molecule has 0 radical (unpaired) electrons. The predicted molar refractivity (Wildman–Crippen MR) is 70.6 cm³/mol. The lowest BCUT2D eigenvalue weighted by atomic mass is 10.1. The molecule has 1 aliphatic carbocycles. The number of hydrogen-bond acceptors (Lipinski definition) is 4. The zero-order chi connectivity index (χ0) is 12.5. The van der Waals surface area contributed by atoms with Crippen molar-refractivity contribution < 1.29 is 4.74 Å². The van der Waals surface area contributed by atoms with Crippen molar-refractivity contribution in [1.82, 2.24) is 9.97 Å². The fraction of sp³-hybridized carbons (Fsp3) is 0.714. The molecule has 4 heteroatoms. The van der Waals surface area contributed by atoms with Crippen molar-refractivity contribution in [3.8, 4) is 0 Å². The Balaban J connectivity index is 1.69. The molecule has 2 aliphatic rings. The van der Waals surface area contributed by atoms with Gasteiger partial charge in [0.15, 0.2) is 0 Å². The zero-order valence-corrected chi connectivity index (χ0v) is 11.1. The molecule has 1 aliphatic heterocycles. The van der Waals surface area contributed by atoms with Crippen LogP contribution < -0.4 is 5.32 Å². The number of hydrogen-bond donors (Lipinski definition) is 1. The van der Waals surface area contributed by atoms with Gasteiger partial charge in [-0.05, 0) is 31.1 Å². The van der Waals surface area contributed by atoms with E-state index < -0.39 is 0 Å². The summed E-state index contributed by atoms with van der Waals surface area (Å²) in [6.45, 7) is 5.18. The molecule has 0 aromatic carbocycles. The molecule has 98 valence electrons. The summed E-state index contributed by atoms with van der Waals surface area (Å²) in [7, 11) is 0. The Labute approximate surface area is 108 Å². The molecule has 1 N–H and O–H groups in total. The van der Waals surface area contributed by atoms with Gasteiger partial charge in [-0.15, -0.1) is 0 Å². The van der Waals surface area contributed by atoms with Gasteiger partial charge in [-0.1, -0.05) is 13.8 Å². The first-order chi connectivity index (χ1) is 8.74. The Kier molecular flexibility index (Phi) is 3.20. The standard InChI is InChI=1S/C14H21N3O/c1-9(2)12-7-13(16-8-15-12)17-11-5-6-18-14(11)10-3-4-10/h7-11,14H,3-6H2,1-2H3,(H,15,16,17). The maximum Gasteiger partial charge on any atom is 0.129 e. The average molecular weight is 247 g/mol.